The summed E-state index contributed by atoms with van der Waals surface area (Å²) < 4.78 is 5.09. The van der Waals surface area contributed by atoms with Crippen LogP contribution < -0.4 is 5.32 Å². The standard InChI is InChI=1S/C17H23N3O6/c1-12-4-2-3-8-19(12)16(22)11-26-17(23)14-10-13(20(24)25)5-6-15(14)18-7-9-21/h5-6,10,12,18,21H,2-4,7-9,11H2,1H3/t12-/m0/s1. The second kappa shape index (κ2) is 9.14. The first-order valence-electron chi connectivity index (χ1n) is 8.53. The number of hydrogen-bond acceptors (Lipinski definition) is 7. The second-order valence-electron chi connectivity index (χ2n) is 6.15. The molecule has 1 atom stereocenters. The van der Waals surface area contributed by atoms with E-state index in [1.165, 1.54) is 12.1 Å². The minimum absolute atomic E-state index is 0.0489. The third-order valence-electron chi connectivity index (χ3n) is 4.31. The van der Waals surface area contributed by atoms with Gasteiger partial charge in [0, 0.05) is 37.0 Å². The number of likely N-dealkylation sites (tertiary alicyclic amines) is 1. The van der Waals surface area contributed by atoms with Crippen molar-refractivity contribution in [3.8, 4) is 0 Å². The van der Waals surface area contributed by atoms with Crippen LogP contribution in [0.15, 0.2) is 18.2 Å². The summed E-state index contributed by atoms with van der Waals surface area (Å²) in [4.78, 5) is 36.6. The lowest BCUT2D eigenvalue weighted by molar-refractivity contribution is -0.384. The quantitative estimate of drug-likeness (QED) is 0.427. The Hall–Kier alpha value is -2.68. The molecule has 1 aromatic rings. The van der Waals surface area contributed by atoms with E-state index in [1.54, 1.807) is 4.90 Å². The first-order valence-corrected chi connectivity index (χ1v) is 8.53. The van der Waals surface area contributed by atoms with Crippen molar-refractivity contribution in [1.29, 1.82) is 0 Å². The molecule has 0 aliphatic carbocycles. The van der Waals surface area contributed by atoms with Crippen molar-refractivity contribution in [1.82, 2.24) is 4.90 Å². The molecule has 1 aromatic carbocycles. The van der Waals surface area contributed by atoms with Gasteiger partial charge in [0.2, 0.25) is 0 Å². The lowest BCUT2D eigenvalue weighted by atomic mass is 10.0. The van der Waals surface area contributed by atoms with Crippen molar-refractivity contribution in [2.75, 3.05) is 31.6 Å². The Labute approximate surface area is 151 Å². The number of rotatable bonds is 7. The molecule has 2 rings (SSSR count). The average Bonchev–Trinajstić information content (AvgIpc) is 2.64. The predicted molar refractivity (Wildman–Crippen MR) is 94.0 cm³/mol. The fraction of sp³-hybridized carbons (Fsp3) is 0.529. The number of carbonyl (C=O) groups is 2. The number of hydrogen-bond donors (Lipinski definition) is 2. The van der Waals surface area contributed by atoms with E-state index in [4.69, 9.17) is 9.84 Å². The van der Waals surface area contributed by atoms with Crippen LogP contribution in [0.4, 0.5) is 11.4 Å². The summed E-state index contributed by atoms with van der Waals surface area (Å²) in [6, 6.07) is 3.82. The molecule has 0 aromatic heterocycles. The number of nitro benzene ring substituents is 1. The van der Waals surface area contributed by atoms with Crippen LogP contribution >= 0.6 is 0 Å². The fourth-order valence-corrected chi connectivity index (χ4v) is 2.92. The van der Waals surface area contributed by atoms with Gasteiger partial charge in [-0.1, -0.05) is 0 Å². The van der Waals surface area contributed by atoms with E-state index < -0.39 is 17.5 Å². The summed E-state index contributed by atoms with van der Waals surface area (Å²) in [6.07, 6.45) is 2.90. The number of benzene rings is 1. The molecule has 0 bridgehead atoms. The Morgan fingerprint density at radius 3 is 2.85 bits per heavy atom. The number of aliphatic hydroxyl groups excluding tert-OH is 1. The van der Waals surface area contributed by atoms with Crippen LogP contribution in [-0.4, -0.2) is 59.2 Å². The molecule has 1 amide bonds. The highest BCUT2D eigenvalue weighted by molar-refractivity contribution is 5.97. The number of ether oxygens (including phenoxy) is 1. The minimum atomic E-state index is -0.827. The molecular weight excluding hydrogens is 342 g/mol. The highest BCUT2D eigenvalue weighted by Gasteiger charge is 2.25. The Bertz CT molecular complexity index is 678. The molecule has 1 fully saturated rings. The fourth-order valence-electron chi connectivity index (χ4n) is 2.92. The molecule has 0 radical (unpaired) electrons. The van der Waals surface area contributed by atoms with Crippen LogP contribution in [0.25, 0.3) is 0 Å². The van der Waals surface area contributed by atoms with Crippen molar-refractivity contribution in [2.45, 2.75) is 32.2 Å². The molecule has 9 heteroatoms. The molecule has 0 saturated carbocycles. The number of esters is 1. The van der Waals surface area contributed by atoms with Gasteiger partial charge < -0.3 is 20.1 Å². The third kappa shape index (κ3) is 4.92. The van der Waals surface area contributed by atoms with Gasteiger partial charge in [0.05, 0.1) is 17.1 Å². The van der Waals surface area contributed by atoms with Crippen LogP contribution in [0.1, 0.15) is 36.5 Å². The number of anilines is 1. The maximum atomic E-state index is 12.4. The van der Waals surface area contributed by atoms with Gasteiger partial charge in [-0.2, -0.15) is 0 Å². The number of nitrogens with zero attached hydrogens (tertiary/aromatic N) is 2. The van der Waals surface area contributed by atoms with Crippen molar-refractivity contribution in [3.63, 3.8) is 0 Å². The zero-order chi connectivity index (χ0) is 19.1. The average molecular weight is 365 g/mol. The molecule has 9 nitrogen and oxygen atoms in total. The van der Waals surface area contributed by atoms with E-state index in [-0.39, 0.29) is 36.4 Å². The maximum absolute atomic E-state index is 12.4. The first-order chi connectivity index (χ1) is 12.4. The molecule has 26 heavy (non-hydrogen) atoms. The molecule has 2 N–H and O–H groups in total. The molecule has 0 spiro atoms. The Kier molecular flexibility index (Phi) is 6.90. The Balaban J connectivity index is 2.08. The topological polar surface area (TPSA) is 122 Å². The Morgan fingerprint density at radius 2 is 2.19 bits per heavy atom. The van der Waals surface area contributed by atoms with Gasteiger partial charge in [-0.3, -0.25) is 14.9 Å². The van der Waals surface area contributed by atoms with Crippen LogP contribution in [-0.2, 0) is 9.53 Å². The number of carbonyl (C=O) groups excluding carboxylic acids is 2. The van der Waals surface area contributed by atoms with Gasteiger partial charge >= 0.3 is 5.97 Å². The van der Waals surface area contributed by atoms with Gasteiger partial charge in [-0.25, -0.2) is 4.79 Å². The monoisotopic (exact) mass is 365 g/mol. The summed E-state index contributed by atoms with van der Waals surface area (Å²) in [7, 11) is 0. The van der Waals surface area contributed by atoms with Crippen molar-refractivity contribution < 1.29 is 24.4 Å². The smallest absolute Gasteiger partial charge is 0.341 e. The normalized spacial score (nSPS) is 16.8. The molecular formula is C17H23N3O6. The lowest BCUT2D eigenvalue weighted by Crippen LogP contribution is -2.44. The van der Waals surface area contributed by atoms with Crippen LogP contribution in [0.2, 0.25) is 0 Å². The van der Waals surface area contributed by atoms with E-state index in [2.05, 4.69) is 5.32 Å². The second-order valence-corrected chi connectivity index (χ2v) is 6.15. The van der Waals surface area contributed by atoms with E-state index >= 15 is 0 Å². The van der Waals surface area contributed by atoms with Crippen molar-refractivity contribution in [2.24, 2.45) is 0 Å². The highest BCUT2D eigenvalue weighted by atomic mass is 16.6. The third-order valence-corrected chi connectivity index (χ3v) is 4.31. The summed E-state index contributed by atoms with van der Waals surface area (Å²) in [5, 5.41) is 22.6. The number of piperidine rings is 1. The number of nitro groups is 1. The number of non-ortho nitro benzene ring substituents is 1. The summed E-state index contributed by atoms with van der Waals surface area (Å²) in [5.74, 6) is -1.10. The number of aliphatic hydroxyl groups is 1. The zero-order valence-electron chi connectivity index (χ0n) is 14.6. The predicted octanol–water partition coefficient (Wildman–Crippen LogP) is 1.56. The largest absolute Gasteiger partial charge is 0.452 e. The minimum Gasteiger partial charge on any atom is -0.452 e. The van der Waals surface area contributed by atoms with Crippen LogP contribution in [0.5, 0.6) is 0 Å². The Morgan fingerprint density at radius 1 is 1.42 bits per heavy atom. The van der Waals surface area contributed by atoms with Crippen LogP contribution in [0, 0.1) is 10.1 Å². The molecule has 1 saturated heterocycles. The number of nitrogens with one attached hydrogen (secondary N) is 1. The van der Waals surface area contributed by atoms with Crippen molar-refractivity contribution >= 4 is 23.3 Å². The van der Waals surface area contributed by atoms with Gasteiger partial charge in [-0.05, 0) is 32.3 Å². The summed E-state index contributed by atoms with van der Waals surface area (Å²) in [5.41, 5.74) is -0.0111. The molecule has 0 unspecified atom stereocenters. The highest BCUT2D eigenvalue weighted by Crippen LogP contribution is 2.23. The van der Waals surface area contributed by atoms with E-state index in [1.807, 2.05) is 6.92 Å². The van der Waals surface area contributed by atoms with Gasteiger partial charge in [0.15, 0.2) is 6.61 Å². The number of amides is 1. The van der Waals surface area contributed by atoms with E-state index in [9.17, 15) is 19.7 Å². The maximum Gasteiger partial charge on any atom is 0.341 e. The molecule has 1 aliphatic rings. The molecule has 1 aliphatic heterocycles. The van der Waals surface area contributed by atoms with Gasteiger partial charge in [-0.15, -0.1) is 0 Å². The van der Waals surface area contributed by atoms with Crippen LogP contribution in [0.3, 0.4) is 0 Å². The SMILES string of the molecule is C[C@H]1CCCCN1C(=O)COC(=O)c1cc([N+](=O)[O-])ccc1NCCO. The first kappa shape index (κ1) is 19.6. The zero-order valence-corrected chi connectivity index (χ0v) is 14.6. The lowest BCUT2D eigenvalue weighted by Gasteiger charge is -2.33. The molecule has 1 heterocycles. The van der Waals surface area contributed by atoms with E-state index in [0.29, 0.717) is 12.2 Å². The van der Waals surface area contributed by atoms with Crippen molar-refractivity contribution in [3.05, 3.63) is 33.9 Å². The van der Waals surface area contributed by atoms with Gasteiger partial charge in [0.25, 0.3) is 11.6 Å². The summed E-state index contributed by atoms with van der Waals surface area (Å²) in [6.45, 7) is 2.18. The van der Waals surface area contributed by atoms with E-state index in [0.717, 1.165) is 25.3 Å². The van der Waals surface area contributed by atoms with Gasteiger partial charge in [0.1, 0.15) is 0 Å². The molecule has 142 valence electrons. The summed E-state index contributed by atoms with van der Waals surface area (Å²) >= 11 is 0.